The van der Waals surface area contributed by atoms with E-state index in [1.54, 1.807) is 11.8 Å². The van der Waals surface area contributed by atoms with E-state index in [0.29, 0.717) is 12.0 Å². The fourth-order valence-corrected chi connectivity index (χ4v) is 0.616. The van der Waals surface area contributed by atoms with Crippen molar-refractivity contribution in [3.63, 3.8) is 0 Å². The van der Waals surface area contributed by atoms with E-state index in [2.05, 4.69) is 5.92 Å². The number of hydrogen-bond donors (Lipinski definition) is 0. The molecule has 1 unspecified atom stereocenters. The van der Waals surface area contributed by atoms with Crippen molar-refractivity contribution in [3.8, 4) is 12.3 Å². The maximum atomic E-state index is 5.03. The van der Waals surface area contributed by atoms with E-state index < -0.39 is 0 Å². The highest BCUT2D eigenvalue weighted by Gasteiger charge is 2.21. The van der Waals surface area contributed by atoms with E-state index in [1.807, 2.05) is 0 Å². The molecule has 1 fully saturated rings. The molecule has 0 N–H and O–H groups in total. The molecular formula is C5H6OS. The maximum Gasteiger partial charge on any atom is 0.113 e. The van der Waals surface area contributed by atoms with Gasteiger partial charge in [-0.15, -0.1) is 18.2 Å². The van der Waals surface area contributed by atoms with Crippen molar-refractivity contribution in [1.82, 2.24) is 0 Å². The topological polar surface area (TPSA) is 9.23 Å². The number of hydrogen-bond acceptors (Lipinski definition) is 2. The lowest BCUT2D eigenvalue weighted by Gasteiger charge is -1.87. The third-order valence-electron chi connectivity index (χ3n) is 0.655. The van der Waals surface area contributed by atoms with Gasteiger partial charge in [-0.2, -0.15) is 0 Å². The fraction of sp³-hybridized carbons (Fsp3) is 0.600. The third kappa shape index (κ3) is 1.86. The number of ether oxygens (including phenoxy) is 1. The first kappa shape index (κ1) is 5.02. The van der Waals surface area contributed by atoms with Gasteiger partial charge < -0.3 is 4.74 Å². The Balaban J connectivity index is 1.91. The lowest BCUT2D eigenvalue weighted by Crippen LogP contribution is -1.91. The molecule has 1 aliphatic heterocycles. The van der Waals surface area contributed by atoms with Crippen molar-refractivity contribution in [1.29, 1.82) is 0 Å². The summed E-state index contributed by atoms with van der Waals surface area (Å²) in [6.45, 7) is 0.470. The highest BCUT2D eigenvalue weighted by Crippen LogP contribution is 2.30. The maximum absolute atomic E-state index is 5.03. The van der Waals surface area contributed by atoms with Crippen LogP contribution in [0.15, 0.2) is 0 Å². The van der Waals surface area contributed by atoms with E-state index in [9.17, 15) is 0 Å². The Bertz CT molecular complexity index is 90.7. The second-order valence-electron chi connectivity index (χ2n) is 1.28. The van der Waals surface area contributed by atoms with Crippen LogP contribution in [0.1, 0.15) is 0 Å². The molecule has 1 heterocycles. The molecule has 0 bridgehead atoms. The first-order valence-corrected chi connectivity index (χ1v) is 3.15. The van der Waals surface area contributed by atoms with Gasteiger partial charge in [0.05, 0.1) is 0 Å². The van der Waals surface area contributed by atoms with Crippen molar-refractivity contribution < 1.29 is 4.74 Å². The van der Waals surface area contributed by atoms with Crippen molar-refractivity contribution in [2.24, 2.45) is 0 Å². The molecule has 0 aromatic heterocycles. The molecule has 0 aromatic rings. The number of thioether (sulfide) groups is 1. The molecule has 0 aromatic carbocycles. The minimum Gasteiger partial charge on any atom is -0.354 e. The average molecular weight is 114 g/mol. The van der Waals surface area contributed by atoms with Gasteiger partial charge in [-0.3, -0.25) is 0 Å². The molecule has 1 aliphatic rings. The number of rotatable bonds is 2. The SMILES string of the molecule is C#CCOC1CS1. The Kier molecular flexibility index (Phi) is 1.61. The zero-order valence-corrected chi connectivity index (χ0v) is 4.70. The molecule has 1 atom stereocenters. The standard InChI is InChI=1S/C5H6OS/c1-2-3-6-5-4-7-5/h1,5H,3-4H2. The second kappa shape index (κ2) is 2.25. The summed E-state index contributed by atoms with van der Waals surface area (Å²) in [5, 5.41) is 0. The van der Waals surface area contributed by atoms with Crippen LogP contribution in [0.2, 0.25) is 0 Å². The molecule has 1 nitrogen and oxygen atoms in total. The first-order chi connectivity index (χ1) is 3.43. The van der Waals surface area contributed by atoms with Crippen LogP contribution in [-0.2, 0) is 4.74 Å². The molecular weight excluding hydrogens is 108 g/mol. The first-order valence-electron chi connectivity index (χ1n) is 2.10. The highest BCUT2D eigenvalue weighted by atomic mass is 32.2. The van der Waals surface area contributed by atoms with Crippen molar-refractivity contribution in [3.05, 3.63) is 0 Å². The zero-order valence-electron chi connectivity index (χ0n) is 3.89. The van der Waals surface area contributed by atoms with Gasteiger partial charge in [0.15, 0.2) is 0 Å². The summed E-state index contributed by atoms with van der Waals surface area (Å²) in [4.78, 5) is 0. The van der Waals surface area contributed by atoms with Gasteiger partial charge in [0.1, 0.15) is 12.0 Å². The van der Waals surface area contributed by atoms with Gasteiger partial charge in [-0.1, -0.05) is 5.92 Å². The zero-order chi connectivity index (χ0) is 5.11. The van der Waals surface area contributed by atoms with Crippen LogP contribution >= 0.6 is 11.8 Å². The molecule has 0 saturated carbocycles. The van der Waals surface area contributed by atoms with Crippen LogP contribution in [0, 0.1) is 12.3 Å². The Hall–Kier alpha value is -0.130. The molecule has 1 rings (SSSR count). The third-order valence-corrected chi connectivity index (χ3v) is 1.40. The smallest absolute Gasteiger partial charge is 0.113 e. The average Bonchev–Trinajstić information content (AvgIpc) is 2.42. The van der Waals surface area contributed by atoms with Gasteiger partial charge in [-0.25, -0.2) is 0 Å². The molecule has 0 spiro atoms. The second-order valence-corrected chi connectivity index (χ2v) is 2.47. The van der Waals surface area contributed by atoms with Crippen LogP contribution in [0.4, 0.5) is 0 Å². The molecule has 1 saturated heterocycles. The predicted molar refractivity (Wildman–Crippen MR) is 31.0 cm³/mol. The van der Waals surface area contributed by atoms with E-state index in [-0.39, 0.29) is 0 Å². The van der Waals surface area contributed by atoms with Crippen molar-refractivity contribution in [2.75, 3.05) is 12.4 Å². The van der Waals surface area contributed by atoms with Crippen LogP contribution in [0.5, 0.6) is 0 Å². The monoisotopic (exact) mass is 114 g/mol. The van der Waals surface area contributed by atoms with E-state index in [1.165, 1.54) is 0 Å². The summed E-state index contributed by atoms with van der Waals surface area (Å²) in [5.41, 5.74) is 0.427. The molecule has 7 heavy (non-hydrogen) atoms. The largest absolute Gasteiger partial charge is 0.354 e. The van der Waals surface area contributed by atoms with Crippen LogP contribution in [0.3, 0.4) is 0 Å². The van der Waals surface area contributed by atoms with Gasteiger partial charge in [0.2, 0.25) is 0 Å². The minimum atomic E-state index is 0.427. The molecule has 2 heteroatoms. The van der Waals surface area contributed by atoms with Crippen molar-refractivity contribution >= 4 is 11.8 Å². The summed E-state index contributed by atoms with van der Waals surface area (Å²) in [6.07, 6.45) is 4.92. The Labute approximate surface area is 47.4 Å². The lowest BCUT2D eigenvalue weighted by molar-refractivity contribution is 0.177. The Morgan fingerprint density at radius 2 is 2.71 bits per heavy atom. The van der Waals surface area contributed by atoms with E-state index in [0.717, 1.165) is 5.75 Å². The lowest BCUT2D eigenvalue weighted by atomic mass is 10.7. The van der Waals surface area contributed by atoms with Gasteiger partial charge >= 0.3 is 0 Å². The van der Waals surface area contributed by atoms with Gasteiger partial charge in [0, 0.05) is 5.75 Å². The molecule has 0 amide bonds. The number of terminal acetylenes is 1. The summed E-state index contributed by atoms with van der Waals surface area (Å²) >= 11 is 1.79. The van der Waals surface area contributed by atoms with Crippen LogP contribution in [0.25, 0.3) is 0 Å². The van der Waals surface area contributed by atoms with E-state index in [4.69, 9.17) is 11.2 Å². The normalized spacial score (nSPS) is 26.4. The Morgan fingerprint density at radius 3 is 3.14 bits per heavy atom. The summed E-state index contributed by atoms with van der Waals surface area (Å²) in [7, 11) is 0. The minimum absolute atomic E-state index is 0.427. The molecule has 0 aliphatic carbocycles. The highest BCUT2D eigenvalue weighted by molar-refractivity contribution is 8.06. The van der Waals surface area contributed by atoms with E-state index >= 15 is 0 Å². The molecule has 0 radical (unpaired) electrons. The van der Waals surface area contributed by atoms with Crippen LogP contribution in [-0.4, -0.2) is 17.8 Å². The summed E-state index contributed by atoms with van der Waals surface area (Å²) < 4.78 is 5.03. The van der Waals surface area contributed by atoms with Gasteiger partial charge in [-0.05, 0) is 0 Å². The quantitative estimate of drug-likeness (QED) is 0.386. The van der Waals surface area contributed by atoms with Crippen LogP contribution < -0.4 is 0 Å². The fourth-order valence-electron chi connectivity index (χ4n) is 0.277. The summed E-state index contributed by atoms with van der Waals surface area (Å²) in [5.74, 6) is 3.53. The van der Waals surface area contributed by atoms with Gasteiger partial charge in [0.25, 0.3) is 0 Å². The summed E-state index contributed by atoms with van der Waals surface area (Å²) in [6, 6.07) is 0. The van der Waals surface area contributed by atoms with Crippen molar-refractivity contribution in [2.45, 2.75) is 5.44 Å². The molecule has 38 valence electrons. The predicted octanol–water partition coefficient (Wildman–Crippen LogP) is 0.709. The Morgan fingerprint density at radius 1 is 2.00 bits per heavy atom.